The van der Waals surface area contributed by atoms with Gasteiger partial charge < -0.3 is 16.2 Å². The Labute approximate surface area is 115 Å². The molecule has 4 rings (SSSR count). The maximum Gasteiger partial charge on any atom is 0.240 e. The summed E-state index contributed by atoms with van der Waals surface area (Å²) < 4.78 is 0. The van der Waals surface area contributed by atoms with Crippen molar-refractivity contribution in [1.29, 1.82) is 0 Å². The predicted octanol–water partition coefficient (Wildman–Crippen LogP) is 1.03. The lowest BCUT2D eigenvalue weighted by Gasteiger charge is -2.61. The zero-order chi connectivity index (χ0) is 13.7. The lowest BCUT2D eigenvalue weighted by molar-refractivity contribution is -0.143. The summed E-state index contributed by atoms with van der Waals surface area (Å²) in [4.78, 5) is 12.4. The molecule has 4 bridgehead atoms. The van der Waals surface area contributed by atoms with Crippen LogP contribution in [-0.2, 0) is 4.79 Å². The third-order valence-electron chi connectivity index (χ3n) is 6.01. The van der Waals surface area contributed by atoms with E-state index in [1.165, 1.54) is 19.3 Å². The van der Waals surface area contributed by atoms with Gasteiger partial charge in [0.2, 0.25) is 5.91 Å². The van der Waals surface area contributed by atoms with Crippen LogP contribution >= 0.6 is 0 Å². The zero-order valence-electron chi connectivity index (χ0n) is 11.8. The summed E-state index contributed by atoms with van der Waals surface area (Å²) in [7, 11) is 0. The summed E-state index contributed by atoms with van der Waals surface area (Å²) in [5, 5.41) is 11.6. The second kappa shape index (κ2) is 4.45. The number of rotatable bonds is 4. The minimum atomic E-state index is -0.793. The normalized spacial score (nSPS) is 43.0. The van der Waals surface area contributed by atoms with Crippen molar-refractivity contribution in [2.75, 3.05) is 13.2 Å². The zero-order valence-corrected chi connectivity index (χ0v) is 11.8. The SMILES string of the molecule is CC(N)(C(=O)NCCO)C12CC3CC(CC(C3)C1)C2. The minimum Gasteiger partial charge on any atom is -0.395 e. The molecule has 0 spiro atoms. The average molecular weight is 266 g/mol. The van der Waals surface area contributed by atoms with E-state index in [-0.39, 0.29) is 17.9 Å². The maximum absolute atomic E-state index is 12.4. The molecule has 0 aromatic carbocycles. The Hall–Kier alpha value is -0.610. The third-order valence-corrected chi connectivity index (χ3v) is 6.01. The van der Waals surface area contributed by atoms with Gasteiger partial charge in [0, 0.05) is 6.54 Å². The predicted molar refractivity (Wildman–Crippen MR) is 73.3 cm³/mol. The first-order chi connectivity index (χ1) is 8.97. The Kier molecular flexibility index (Phi) is 3.13. The Morgan fingerprint density at radius 1 is 1.26 bits per heavy atom. The first-order valence-corrected chi connectivity index (χ1v) is 7.65. The molecule has 4 nitrogen and oxygen atoms in total. The Morgan fingerprint density at radius 3 is 2.16 bits per heavy atom. The van der Waals surface area contributed by atoms with Crippen LogP contribution in [0.4, 0.5) is 0 Å². The van der Waals surface area contributed by atoms with Crippen LogP contribution in [0.2, 0.25) is 0 Å². The van der Waals surface area contributed by atoms with E-state index in [9.17, 15) is 4.79 Å². The highest BCUT2D eigenvalue weighted by molar-refractivity contribution is 5.86. The van der Waals surface area contributed by atoms with Gasteiger partial charge >= 0.3 is 0 Å². The Balaban J connectivity index is 1.81. The molecular formula is C15H26N2O2. The van der Waals surface area contributed by atoms with Crippen molar-refractivity contribution in [2.45, 2.75) is 51.0 Å². The number of aliphatic hydroxyl groups excluding tert-OH is 1. The lowest BCUT2D eigenvalue weighted by atomic mass is 9.45. The van der Waals surface area contributed by atoms with E-state index < -0.39 is 5.54 Å². The fourth-order valence-electron chi connectivity index (χ4n) is 5.34. The molecule has 108 valence electrons. The second-order valence-electron chi connectivity index (χ2n) is 7.38. The molecule has 1 unspecified atom stereocenters. The highest BCUT2D eigenvalue weighted by Gasteiger charge is 2.59. The molecule has 0 radical (unpaired) electrons. The van der Waals surface area contributed by atoms with Crippen LogP contribution in [-0.4, -0.2) is 29.7 Å². The molecule has 4 fully saturated rings. The van der Waals surface area contributed by atoms with Crippen molar-refractivity contribution < 1.29 is 9.90 Å². The van der Waals surface area contributed by atoms with Crippen LogP contribution in [0, 0.1) is 23.2 Å². The first kappa shape index (κ1) is 13.4. The van der Waals surface area contributed by atoms with E-state index in [1.807, 2.05) is 6.92 Å². The molecule has 0 aromatic rings. The van der Waals surface area contributed by atoms with Gasteiger partial charge in [-0.05, 0) is 68.6 Å². The van der Waals surface area contributed by atoms with Crippen molar-refractivity contribution >= 4 is 5.91 Å². The van der Waals surface area contributed by atoms with Crippen LogP contribution < -0.4 is 11.1 Å². The molecule has 4 N–H and O–H groups in total. The monoisotopic (exact) mass is 266 g/mol. The first-order valence-electron chi connectivity index (χ1n) is 7.65. The van der Waals surface area contributed by atoms with Gasteiger partial charge in [0.1, 0.15) is 0 Å². The fraction of sp³-hybridized carbons (Fsp3) is 0.933. The van der Waals surface area contributed by atoms with Crippen molar-refractivity contribution in [2.24, 2.45) is 28.9 Å². The molecule has 0 heterocycles. The van der Waals surface area contributed by atoms with Crippen LogP contribution in [0.3, 0.4) is 0 Å². The molecule has 4 saturated carbocycles. The second-order valence-corrected chi connectivity index (χ2v) is 7.38. The minimum absolute atomic E-state index is 0.00128. The van der Waals surface area contributed by atoms with Gasteiger partial charge in [0.25, 0.3) is 0 Å². The number of nitrogens with one attached hydrogen (secondary N) is 1. The topological polar surface area (TPSA) is 75.4 Å². The maximum atomic E-state index is 12.4. The number of hydrogen-bond donors (Lipinski definition) is 3. The van der Waals surface area contributed by atoms with Gasteiger partial charge in [-0.15, -0.1) is 0 Å². The van der Waals surface area contributed by atoms with Gasteiger partial charge in [0.05, 0.1) is 12.1 Å². The molecule has 4 aliphatic carbocycles. The number of carbonyl (C=O) groups is 1. The highest BCUT2D eigenvalue weighted by Crippen LogP contribution is 2.63. The summed E-state index contributed by atoms with van der Waals surface area (Å²) in [5.41, 5.74) is 5.71. The van der Waals surface area contributed by atoms with E-state index in [4.69, 9.17) is 10.8 Å². The van der Waals surface area contributed by atoms with Gasteiger partial charge in [-0.3, -0.25) is 4.79 Å². The van der Waals surface area contributed by atoms with Crippen molar-refractivity contribution in [3.63, 3.8) is 0 Å². The summed E-state index contributed by atoms with van der Waals surface area (Å²) in [6.07, 6.45) is 7.43. The molecule has 1 atom stereocenters. The molecule has 0 aliphatic heterocycles. The van der Waals surface area contributed by atoms with Crippen LogP contribution in [0.15, 0.2) is 0 Å². The van der Waals surface area contributed by atoms with E-state index in [2.05, 4.69) is 5.32 Å². The standard InChI is InChI=1S/C15H26N2O2/c1-14(16,13(19)17-2-3-18)15-7-10-4-11(8-15)6-12(5-10)9-15/h10-12,18H,2-9,16H2,1H3,(H,17,19). The third kappa shape index (κ3) is 2.00. The van der Waals surface area contributed by atoms with Gasteiger partial charge in [-0.1, -0.05) is 0 Å². The number of hydrogen-bond acceptors (Lipinski definition) is 3. The summed E-state index contributed by atoms with van der Waals surface area (Å²) in [5.74, 6) is 2.29. The van der Waals surface area contributed by atoms with Crippen LogP contribution in [0.5, 0.6) is 0 Å². The molecule has 19 heavy (non-hydrogen) atoms. The lowest BCUT2D eigenvalue weighted by Crippen LogP contribution is -2.67. The van der Waals surface area contributed by atoms with Gasteiger partial charge in [0.15, 0.2) is 0 Å². The molecule has 4 heteroatoms. The Bertz CT molecular complexity index is 343. The van der Waals surface area contributed by atoms with Crippen molar-refractivity contribution in [3.05, 3.63) is 0 Å². The summed E-state index contributed by atoms with van der Waals surface area (Å²) in [6.45, 7) is 2.19. The largest absolute Gasteiger partial charge is 0.395 e. The highest BCUT2D eigenvalue weighted by atomic mass is 16.3. The molecule has 0 aromatic heterocycles. The number of amides is 1. The van der Waals surface area contributed by atoms with E-state index in [1.54, 1.807) is 0 Å². The van der Waals surface area contributed by atoms with Crippen molar-refractivity contribution in [3.8, 4) is 0 Å². The summed E-state index contributed by atoms with van der Waals surface area (Å²) >= 11 is 0. The number of nitrogens with two attached hydrogens (primary N) is 1. The van der Waals surface area contributed by atoms with E-state index in [0.717, 1.165) is 37.0 Å². The van der Waals surface area contributed by atoms with E-state index in [0.29, 0.717) is 6.54 Å². The quantitative estimate of drug-likeness (QED) is 0.711. The Morgan fingerprint density at radius 2 is 1.74 bits per heavy atom. The van der Waals surface area contributed by atoms with Gasteiger partial charge in [-0.25, -0.2) is 0 Å². The molecule has 4 aliphatic rings. The molecular weight excluding hydrogens is 240 g/mol. The van der Waals surface area contributed by atoms with Crippen LogP contribution in [0.1, 0.15) is 45.4 Å². The molecule has 0 saturated heterocycles. The number of carbonyl (C=O) groups excluding carboxylic acids is 1. The van der Waals surface area contributed by atoms with Crippen LogP contribution in [0.25, 0.3) is 0 Å². The molecule has 1 amide bonds. The average Bonchev–Trinajstić information content (AvgIpc) is 2.34. The fourth-order valence-corrected chi connectivity index (χ4v) is 5.34. The van der Waals surface area contributed by atoms with Gasteiger partial charge in [-0.2, -0.15) is 0 Å². The van der Waals surface area contributed by atoms with Crippen molar-refractivity contribution in [1.82, 2.24) is 5.32 Å². The summed E-state index contributed by atoms with van der Waals surface area (Å²) in [6, 6.07) is 0. The smallest absolute Gasteiger partial charge is 0.240 e. The van der Waals surface area contributed by atoms with E-state index >= 15 is 0 Å². The number of aliphatic hydroxyl groups is 1.